The molecule has 1 N–H and O–H groups in total. The van der Waals surface area contributed by atoms with Gasteiger partial charge in [0, 0.05) is 18.2 Å². The Kier molecular flexibility index (Phi) is 5.30. The van der Waals surface area contributed by atoms with E-state index < -0.39 is 0 Å². The van der Waals surface area contributed by atoms with Crippen LogP contribution in [0.2, 0.25) is 0 Å². The van der Waals surface area contributed by atoms with Crippen molar-refractivity contribution in [1.82, 2.24) is 5.32 Å². The minimum absolute atomic E-state index is 0.0323. The van der Waals surface area contributed by atoms with Gasteiger partial charge in [-0.1, -0.05) is 30.3 Å². The van der Waals surface area contributed by atoms with Crippen molar-refractivity contribution in [2.75, 3.05) is 6.61 Å². The van der Waals surface area contributed by atoms with E-state index in [1.807, 2.05) is 37.3 Å². The monoisotopic (exact) mass is 284 g/mol. The molecule has 0 radical (unpaired) electrons. The molecule has 0 aromatic heterocycles. The molecule has 0 saturated carbocycles. The van der Waals surface area contributed by atoms with Gasteiger partial charge in [-0.3, -0.25) is 0 Å². The van der Waals surface area contributed by atoms with Crippen LogP contribution in [0.4, 0.5) is 4.39 Å². The predicted molar refractivity (Wildman–Crippen MR) is 79.2 cm³/mol. The third-order valence-corrected chi connectivity index (χ3v) is 3.23. The first-order valence-corrected chi connectivity index (χ1v) is 6.77. The van der Waals surface area contributed by atoms with E-state index in [-0.39, 0.29) is 18.5 Å². The van der Waals surface area contributed by atoms with Crippen LogP contribution in [0.15, 0.2) is 48.5 Å². The molecule has 0 saturated heterocycles. The van der Waals surface area contributed by atoms with Gasteiger partial charge in [-0.25, -0.2) is 4.39 Å². The van der Waals surface area contributed by atoms with Gasteiger partial charge in [0.15, 0.2) is 6.61 Å². The van der Waals surface area contributed by atoms with E-state index in [2.05, 4.69) is 5.32 Å². The van der Waals surface area contributed by atoms with Gasteiger partial charge >= 0.3 is 0 Å². The molecule has 0 aliphatic rings. The van der Waals surface area contributed by atoms with Crippen LogP contribution < -0.4 is 10.1 Å². The average Bonchev–Trinajstić information content (AvgIpc) is 2.52. The zero-order chi connectivity index (χ0) is 15.1. The van der Waals surface area contributed by atoms with Crippen LogP contribution in [0.25, 0.3) is 0 Å². The second-order valence-electron chi connectivity index (χ2n) is 4.71. The molecule has 3 nitrogen and oxygen atoms in total. The molecule has 1 unspecified atom stereocenters. The SMILES string of the molecule is CC(NCc1ccccc1OCC#N)c1ccc(F)cc1. The zero-order valence-corrected chi connectivity index (χ0v) is 11.8. The summed E-state index contributed by atoms with van der Waals surface area (Å²) in [5.41, 5.74) is 2.01. The maximum absolute atomic E-state index is 12.9. The number of hydrogen-bond donors (Lipinski definition) is 1. The Bertz CT molecular complexity index is 619. The summed E-state index contributed by atoms with van der Waals surface area (Å²) < 4.78 is 18.3. The molecular formula is C17H17FN2O. The summed E-state index contributed by atoms with van der Waals surface area (Å²) in [5.74, 6) is 0.471. The molecule has 0 amide bonds. The highest BCUT2D eigenvalue weighted by Gasteiger charge is 2.07. The molecule has 0 aliphatic heterocycles. The fourth-order valence-corrected chi connectivity index (χ4v) is 2.03. The Morgan fingerprint density at radius 3 is 2.62 bits per heavy atom. The molecule has 0 spiro atoms. The first kappa shape index (κ1) is 15.0. The highest BCUT2D eigenvalue weighted by atomic mass is 19.1. The van der Waals surface area contributed by atoms with E-state index in [4.69, 9.17) is 10.00 Å². The van der Waals surface area contributed by atoms with Gasteiger partial charge in [-0.15, -0.1) is 0 Å². The van der Waals surface area contributed by atoms with Crippen LogP contribution in [0.1, 0.15) is 24.1 Å². The van der Waals surface area contributed by atoms with Gasteiger partial charge in [-0.2, -0.15) is 5.26 Å². The molecule has 2 aromatic carbocycles. The van der Waals surface area contributed by atoms with Crippen molar-refractivity contribution in [3.8, 4) is 11.8 Å². The van der Waals surface area contributed by atoms with Crippen LogP contribution in [-0.4, -0.2) is 6.61 Å². The largest absolute Gasteiger partial charge is 0.478 e. The van der Waals surface area contributed by atoms with Crippen molar-refractivity contribution in [1.29, 1.82) is 5.26 Å². The van der Waals surface area contributed by atoms with E-state index >= 15 is 0 Å². The fraction of sp³-hybridized carbons (Fsp3) is 0.235. The Morgan fingerprint density at radius 2 is 1.90 bits per heavy atom. The Labute approximate surface area is 124 Å². The molecular weight excluding hydrogens is 267 g/mol. The first-order chi connectivity index (χ1) is 10.2. The number of para-hydroxylation sites is 1. The summed E-state index contributed by atoms with van der Waals surface area (Å²) in [5, 5.41) is 12.0. The minimum Gasteiger partial charge on any atom is -0.478 e. The van der Waals surface area contributed by atoms with Gasteiger partial charge < -0.3 is 10.1 Å². The molecule has 0 bridgehead atoms. The smallest absolute Gasteiger partial charge is 0.174 e. The van der Waals surface area contributed by atoms with Crippen LogP contribution >= 0.6 is 0 Å². The molecule has 0 aliphatic carbocycles. The number of benzene rings is 2. The number of ether oxygens (including phenoxy) is 1. The second kappa shape index (κ2) is 7.41. The Balaban J connectivity index is 1.99. The summed E-state index contributed by atoms with van der Waals surface area (Å²) in [6, 6.07) is 16.1. The number of nitrogens with zero attached hydrogens (tertiary/aromatic N) is 1. The van der Waals surface area contributed by atoms with Gasteiger partial charge in [0.25, 0.3) is 0 Å². The maximum atomic E-state index is 12.9. The summed E-state index contributed by atoms with van der Waals surface area (Å²) in [6.07, 6.45) is 0. The summed E-state index contributed by atoms with van der Waals surface area (Å²) in [4.78, 5) is 0. The van der Waals surface area contributed by atoms with E-state index in [1.54, 1.807) is 12.1 Å². The normalized spacial score (nSPS) is 11.7. The molecule has 1 atom stereocenters. The standard InChI is InChI=1S/C17H17FN2O/c1-13(14-6-8-16(18)9-7-14)20-12-15-4-2-3-5-17(15)21-11-10-19/h2-9,13,20H,11-12H2,1H3. The number of nitrogens with one attached hydrogen (secondary N) is 1. The summed E-state index contributed by atoms with van der Waals surface area (Å²) in [7, 11) is 0. The number of rotatable bonds is 6. The van der Waals surface area contributed by atoms with Crippen molar-refractivity contribution in [3.63, 3.8) is 0 Å². The third kappa shape index (κ3) is 4.30. The fourth-order valence-electron chi connectivity index (χ4n) is 2.03. The van der Waals surface area contributed by atoms with Crippen molar-refractivity contribution in [2.24, 2.45) is 0 Å². The highest BCUT2D eigenvalue weighted by molar-refractivity contribution is 5.33. The first-order valence-electron chi connectivity index (χ1n) is 6.77. The predicted octanol–water partition coefficient (Wildman–Crippen LogP) is 3.58. The van der Waals surface area contributed by atoms with Crippen LogP contribution in [0.5, 0.6) is 5.75 Å². The van der Waals surface area contributed by atoms with Crippen molar-refractivity contribution in [3.05, 3.63) is 65.5 Å². The molecule has 2 aromatic rings. The van der Waals surface area contributed by atoms with Crippen molar-refractivity contribution in [2.45, 2.75) is 19.5 Å². The van der Waals surface area contributed by atoms with Crippen LogP contribution in [-0.2, 0) is 6.54 Å². The van der Waals surface area contributed by atoms with Crippen molar-refractivity contribution >= 4 is 0 Å². The lowest BCUT2D eigenvalue weighted by atomic mass is 10.1. The number of nitriles is 1. The lowest BCUT2D eigenvalue weighted by molar-refractivity contribution is 0.361. The quantitative estimate of drug-likeness (QED) is 0.882. The van der Waals surface area contributed by atoms with E-state index in [0.717, 1.165) is 11.1 Å². The molecule has 4 heteroatoms. The van der Waals surface area contributed by atoms with E-state index in [1.165, 1.54) is 12.1 Å². The highest BCUT2D eigenvalue weighted by Crippen LogP contribution is 2.19. The van der Waals surface area contributed by atoms with Gasteiger partial charge in [0.1, 0.15) is 17.6 Å². The Morgan fingerprint density at radius 1 is 1.19 bits per heavy atom. The lowest BCUT2D eigenvalue weighted by Crippen LogP contribution is -2.18. The van der Waals surface area contributed by atoms with Gasteiger partial charge in [0.05, 0.1) is 0 Å². The molecule has 0 heterocycles. The minimum atomic E-state index is -0.235. The maximum Gasteiger partial charge on any atom is 0.174 e. The number of hydrogen-bond acceptors (Lipinski definition) is 3. The van der Waals surface area contributed by atoms with Crippen LogP contribution in [0.3, 0.4) is 0 Å². The molecule has 2 rings (SSSR count). The second-order valence-corrected chi connectivity index (χ2v) is 4.71. The summed E-state index contributed by atoms with van der Waals surface area (Å²) >= 11 is 0. The van der Waals surface area contributed by atoms with Gasteiger partial charge in [-0.05, 0) is 30.7 Å². The lowest BCUT2D eigenvalue weighted by Gasteiger charge is -2.16. The van der Waals surface area contributed by atoms with Crippen LogP contribution in [0, 0.1) is 17.1 Å². The topological polar surface area (TPSA) is 45.0 Å². The molecule has 108 valence electrons. The molecule has 0 fully saturated rings. The summed E-state index contributed by atoms with van der Waals surface area (Å²) in [6.45, 7) is 2.66. The van der Waals surface area contributed by atoms with E-state index in [9.17, 15) is 4.39 Å². The Hall–Kier alpha value is -2.38. The van der Waals surface area contributed by atoms with Crippen molar-refractivity contribution < 1.29 is 9.13 Å². The zero-order valence-electron chi connectivity index (χ0n) is 11.8. The average molecular weight is 284 g/mol. The van der Waals surface area contributed by atoms with Gasteiger partial charge in [0.2, 0.25) is 0 Å². The van der Waals surface area contributed by atoms with E-state index in [0.29, 0.717) is 12.3 Å². The number of halogens is 1. The third-order valence-electron chi connectivity index (χ3n) is 3.23. The molecule has 21 heavy (non-hydrogen) atoms.